The summed E-state index contributed by atoms with van der Waals surface area (Å²) in [6.07, 6.45) is -6.96. The van der Waals surface area contributed by atoms with Crippen molar-refractivity contribution in [3.63, 3.8) is 0 Å². The minimum atomic E-state index is -5.04. The molecular formula is C27H18ClF9O. The molecule has 3 aromatic rings. The van der Waals surface area contributed by atoms with E-state index in [0.717, 1.165) is 43.2 Å². The van der Waals surface area contributed by atoms with Crippen LogP contribution in [0.3, 0.4) is 0 Å². The third kappa shape index (κ3) is 6.95. The van der Waals surface area contributed by atoms with Crippen LogP contribution in [0.25, 0.3) is 0 Å². The Bertz CT molecular complexity index is 1340. The third-order valence-corrected chi connectivity index (χ3v) is 5.61. The smallest absolute Gasteiger partial charge is 0.429 e. The lowest BCUT2D eigenvalue weighted by Crippen LogP contribution is -2.25. The molecule has 202 valence electrons. The van der Waals surface area contributed by atoms with E-state index in [1.165, 1.54) is 0 Å². The summed E-state index contributed by atoms with van der Waals surface area (Å²) in [5.41, 5.74) is -3.84. The summed E-state index contributed by atoms with van der Waals surface area (Å²) in [6.45, 7) is 1.93. The maximum atomic E-state index is 14.6. The first-order chi connectivity index (χ1) is 17.7. The number of alkyl halides is 5. The van der Waals surface area contributed by atoms with Gasteiger partial charge in [0, 0.05) is 11.6 Å². The van der Waals surface area contributed by atoms with E-state index in [9.17, 15) is 39.5 Å². The average molecular weight is 565 g/mol. The monoisotopic (exact) mass is 564 g/mol. The third-order valence-electron chi connectivity index (χ3n) is 5.32. The zero-order chi connectivity index (χ0) is 28.3. The van der Waals surface area contributed by atoms with E-state index in [-0.39, 0.29) is 11.1 Å². The molecule has 1 nitrogen and oxygen atoms in total. The molecule has 0 heterocycles. The Morgan fingerprint density at radius 2 is 1.39 bits per heavy atom. The fourth-order valence-electron chi connectivity index (χ4n) is 3.54. The molecule has 0 aliphatic carbocycles. The quantitative estimate of drug-likeness (QED) is 0.158. The van der Waals surface area contributed by atoms with Gasteiger partial charge >= 0.3 is 12.3 Å². The molecule has 0 aliphatic rings. The van der Waals surface area contributed by atoms with Crippen molar-refractivity contribution in [2.24, 2.45) is 0 Å². The molecule has 0 atom stereocenters. The van der Waals surface area contributed by atoms with Crippen LogP contribution in [0.1, 0.15) is 54.0 Å². The largest absolute Gasteiger partial charge is 0.432 e. The van der Waals surface area contributed by atoms with Gasteiger partial charge in [-0.2, -0.15) is 22.0 Å². The Morgan fingerprint density at radius 3 is 1.95 bits per heavy atom. The minimum Gasteiger partial charge on any atom is -0.429 e. The topological polar surface area (TPSA) is 9.23 Å². The van der Waals surface area contributed by atoms with Gasteiger partial charge in [-0.15, -0.1) is 0 Å². The van der Waals surface area contributed by atoms with Crippen molar-refractivity contribution in [2.75, 3.05) is 0 Å². The highest BCUT2D eigenvalue weighted by Gasteiger charge is 2.41. The van der Waals surface area contributed by atoms with E-state index in [4.69, 9.17) is 11.6 Å². The maximum absolute atomic E-state index is 14.6. The molecule has 3 aromatic carbocycles. The molecule has 0 N–H and O–H groups in total. The molecule has 0 bridgehead atoms. The predicted molar refractivity (Wildman–Crippen MR) is 123 cm³/mol. The second-order valence-electron chi connectivity index (χ2n) is 8.21. The standard InChI is InChI=1S/C27H18ClF9O/c1-2-3-4-5-15-11-22(31)25(23(32)12-15)27(36,37)38-18-9-8-17(20(29)14-18)7-6-16-10-19(28)24(21(30)13-16)26(33,34)35/h8-14H,2-5H2,1H3. The van der Waals surface area contributed by atoms with Gasteiger partial charge in [0.15, 0.2) is 0 Å². The fraction of sp³-hybridized carbons (Fsp3) is 0.259. The van der Waals surface area contributed by atoms with Gasteiger partial charge in [0.05, 0.1) is 10.6 Å². The normalized spacial score (nSPS) is 11.8. The van der Waals surface area contributed by atoms with Gasteiger partial charge in [0.2, 0.25) is 0 Å². The summed E-state index contributed by atoms with van der Waals surface area (Å²) in [5, 5.41) is -0.957. The minimum absolute atomic E-state index is 0.205. The van der Waals surface area contributed by atoms with Gasteiger partial charge in [0.25, 0.3) is 0 Å². The average Bonchev–Trinajstić information content (AvgIpc) is 2.76. The molecule has 0 amide bonds. The molecule has 11 heteroatoms. The molecule has 0 aliphatic heterocycles. The van der Waals surface area contributed by atoms with Crippen LogP contribution in [0, 0.1) is 35.1 Å². The lowest BCUT2D eigenvalue weighted by atomic mass is 10.0. The lowest BCUT2D eigenvalue weighted by molar-refractivity contribution is -0.189. The van der Waals surface area contributed by atoms with Crippen molar-refractivity contribution >= 4 is 11.6 Å². The second-order valence-corrected chi connectivity index (χ2v) is 8.62. The SMILES string of the molecule is CCCCCc1cc(F)c(C(F)(F)Oc2ccc(C#Cc3cc(F)c(C(F)(F)F)c(Cl)c3)c(F)c2)c(F)c1. The summed E-state index contributed by atoms with van der Waals surface area (Å²) < 4.78 is 129. The Balaban J connectivity index is 1.82. The Kier molecular flexibility index (Phi) is 8.93. The molecule has 0 radical (unpaired) electrons. The van der Waals surface area contributed by atoms with Crippen LogP contribution in [0.5, 0.6) is 5.75 Å². The van der Waals surface area contributed by atoms with Gasteiger partial charge in [0.1, 0.15) is 40.1 Å². The van der Waals surface area contributed by atoms with E-state index in [2.05, 4.69) is 16.6 Å². The van der Waals surface area contributed by atoms with Crippen molar-refractivity contribution in [3.05, 3.63) is 98.6 Å². The van der Waals surface area contributed by atoms with Crippen LogP contribution in [-0.4, -0.2) is 0 Å². The van der Waals surface area contributed by atoms with E-state index in [0.29, 0.717) is 25.0 Å². The van der Waals surface area contributed by atoms with Crippen LogP contribution in [-0.2, 0) is 18.7 Å². The van der Waals surface area contributed by atoms with Crippen molar-refractivity contribution in [2.45, 2.75) is 44.9 Å². The van der Waals surface area contributed by atoms with Gasteiger partial charge in [-0.25, -0.2) is 17.6 Å². The van der Waals surface area contributed by atoms with Crippen molar-refractivity contribution in [1.82, 2.24) is 0 Å². The Morgan fingerprint density at radius 1 is 0.763 bits per heavy atom. The van der Waals surface area contributed by atoms with Crippen LogP contribution >= 0.6 is 11.6 Å². The predicted octanol–water partition coefficient (Wildman–Crippen LogP) is 9.18. The number of aryl methyl sites for hydroxylation is 1. The number of benzene rings is 3. The first kappa shape index (κ1) is 29.2. The van der Waals surface area contributed by atoms with Gasteiger partial charge in [-0.3, -0.25) is 0 Å². The highest BCUT2D eigenvalue weighted by molar-refractivity contribution is 6.31. The fourth-order valence-corrected chi connectivity index (χ4v) is 3.86. The zero-order valence-corrected chi connectivity index (χ0v) is 20.3. The van der Waals surface area contributed by atoms with Crippen LogP contribution < -0.4 is 4.74 Å². The van der Waals surface area contributed by atoms with Gasteiger partial charge in [-0.05, 0) is 54.8 Å². The summed E-state index contributed by atoms with van der Waals surface area (Å²) >= 11 is 5.48. The van der Waals surface area contributed by atoms with Crippen molar-refractivity contribution < 1.29 is 44.3 Å². The maximum Gasteiger partial charge on any atom is 0.432 e. The van der Waals surface area contributed by atoms with E-state index >= 15 is 0 Å². The molecule has 38 heavy (non-hydrogen) atoms. The number of hydrogen-bond donors (Lipinski definition) is 0. The van der Waals surface area contributed by atoms with Crippen LogP contribution in [0.4, 0.5) is 39.5 Å². The van der Waals surface area contributed by atoms with Crippen molar-refractivity contribution in [3.8, 4) is 17.6 Å². The summed E-state index contributed by atoms with van der Waals surface area (Å²) in [7, 11) is 0. The number of halogens is 10. The molecule has 0 fully saturated rings. The number of hydrogen-bond acceptors (Lipinski definition) is 1. The molecule has 0 spiro atoms. The molecular weight excluding hydrogens is 547 g/mol. The molecule has 0 saturated heterocycles. The Hall–Kier alpha value is -3.32. The van der Waals surface area contributed by atoms with E-state index in [1.54, 1.807) is 0 Å². The zero-order valence-electron chi connectivity index (χ0n) is 19.6. The summed E-state index contributed by atoms with van der Waals surface area (Å²) in [4.78, 5) is 0. The first-order valence-corrected chi connectivity index (χ1v) is 11.5. The number of unbranched alkanes of at least 4 members (excludes halogenated alkanes) is 2. The number of ether oxygens (including phenoxy) is 1. The highest BCUT2D eigenvalue weighted by atomic mass is 35.5. The van der Waals surface area contributed by atoms with Gasteiger partial charge in [-0.1, -0.05) is 43.2 Å². The molecule has 0 saturated carbocycles. The summed E-state index contributed by atoms with van der Waals surface area (Å²) in [5.74, 6) is -2.27. The molecule has 0 unspecified atom stereocenters. The van der Waals surface area contributed by atoms with Crippen molar-refractivity contribution in [1.29, 1.82) is 0 Å². The van der Waals surface area contributed by atoms with Crippen LogP contribution in [0.2, 0.25) is 5.02 Å². The second kappa shape index (κ2) is 11.6. The summed E-state index contributed by atoms with van der Waals surface area (Å²) in [6, 6.07) is 4.98. The highest BCUT2D eigenvalue weighted by Crippen LogP contribution is 2.38. The van der Waals surface area contributed by atoms with Gasteiger partial charge < -0.3 is 4.74 Å². The number of rotatable bonds is 7. The molecule has 3 rings (SSSR count). The lowest BCUT2D eigenvalue weighted by Gasteiger charge is -2.20. The first-order valence-electron chi connectivity index (χ1n) is 11.2. The molecule has 0 aromatic heterocycles. The van der Waals surface area contributed by atoms with E-state index < -0.39 is 63.0 Å². The van der Waals surface area contributed by atoms with Crippen LogP contribution in [0.15, 0.2) is 42.5 Å². The Labute approximate surface area is 217 Å². The van der Waals surface area contributed by atoms with E-state index in [1.807, 2.05) is 6.92 Å².